The third-order valence-electron chi connectivity index (χ3n) is 4.42. The molecule has 2 aromatic rings. The number of aromatic nitrogens is 1. The van der Waals surface area contributed by atoms with E-state index in [1.54, 1.807) is 0 Å². The number of rotatable bonds is 4. The molecule has 1 heterocycles. The van der Waals surface area contributed by atoms with E-state index >= 15 is 0 Å². The topological polar surface area (TPSA) is 38.1 Å². The molecule has 1 atom stereocenters. The summed E-state index contributed by atoms with van der Waals surface area (Å²) in [5, 5.41) is 7.74. The summed E-state index contributed by atoms with van der Waals surface area (Å²) in [5.41, 5.74) is 3.69. The van der Waals surface area contributed by atoms with E-state index in [4.69, 9.17) is 4.52 Å². The Morgan fingerprint density at radius 2 is 1.90 bits per heavy atom. The second-order valence-electron chi connectivity index (χ2n) is 5.90. The van der Waals surface area contributed by atoms with E-state index in [0.717, 1.165) is 11.5 Å². The third kappa shape index (κ3) is 2.50. The van der Waals surface area contributed by atoms with Crippen LogP contribution in [0.25, 0.3) is 0 Å². The summed E-state index contributed by atoms with van der Waals surface area (Å²) in [6.45, 7) is 6.20. The van der Waals surface area contributed by atoms with Crippen molar-refractivity contribution in [3.8, 4) is 0 Å². The standard InChI is InChI=1S/C17H22N2O/c1-11(17-12(2)19-20-13(17)3)18-16-9-15(10-16)14-7-5-4-6-8-14/h4-8,11,15-16,18H,9-10H2,1-3H3. The molecule has 1 unspecified atom stereocenters. The van der Waals surface area contributed by atoms with Crippen molar-refractivity contribution in [1.29, 1.82) is 0 Å². The van der Waals surface area contributed by atoms with Gasteiger partial charge in [-0.15, -0.1) is 0 Å². The SMILES string of the molecule is Cc1noc(C)c1C(C)NC1CC(c2ccccc2)C1. The molecule has 3 nitrogen and oxygen atoms in total. The van der Waals surface area contributed by atoms with Gasteiger partial charge in [-0.2, -0.15) is 0 Å². The molecule has 0 amide bonds. The molecule has 1 aromatic heterocycles. The fourth-order valence-electron chi connectivity index (χ4n) is 3.30. The van der Waals surface area contributed by atoms with Crippen molar-refractivity contribution >= 4 is 0 Å². The van der Waals surface area contributed by atoms with Gasteiger partial charge in [0.05, 0.1) is 5.69 Å². The number of aryl methyl sites for hydroxylation is 2. The Morgan fingerprint density at radius 1 is 1.20 bits per heavy atom. The summed E-state index contributed by atoms with van der Waals surface area (Å²) in [7, 11) is 0. The maximum atomic E-state index is 5.25. The summed E-state index contributed by atoms with van der Waals surface area (Å²) in [4.78, 5) is 0. The number of hydrogen-bond acceptors (Lipinski definition) is 3. The highest BCUT2D eigenvalue weighted by atomic mass is 16.5. The molecule has 20 heavy (non-hydrogen) atoms. The molecule has 1 fully saturated rings. The summed E-state index contributed by atoms with van der Waals surface area (Å²) in [6.07, 6.45) is 2.44. The highest BCUT2D eigenvalue weighted by Crippen LogP contribution is 2.38. The van der Waals surface area contributed by atoms with E-state index < -0.39 is 0 Å². The van der Waals surface area contributed by atoms with Crippen LogP contribution in [-0.2, 0) is 0 Å². The molecular weight excluding hydrogens is 248 g/mol. The molecule has 0 aliphatic heterocycles. The maximum Gasteiger partial charge on any atom is 0.138 e. The monoisotopic (exact) mass is 270 g/mol. The smallest absolute Gasteiger partial charge is 0.138 e. The van der Waals surface area contributed by atoms with Gasteiger partial charge in [-0.05, 0) is 45.1 Å². The van der Waals surface area contributed by atoms with Crippen LogP contribution >= 0.6 is 0 Å². The predicted molar refractivity (Wildman–Crippen MR) is 79.7 cm³/mol. The van der Waals surface area contributed by atoms with Crippen molar-refractivity contribution in [2.75, 3.05) is 0 Å². The molecule has 1 N–H and O–H groups in total. The van der Waals surface area contributed by atoms with Crippen molar-refractivity contribution in [1.82, 2.24) is 10.5 Å². The van der Waals surface area contributed by atoms with Crippen LogP contribution in [-0.4, -0.2) is 11.2 Å². The maximum absolute atomic E-state index is 5.25. The van der Waals surface area contributed by atoms with Gasteiger partial charge in [-0.1, -0.05) is 35.5 Å². The Labute approximate surface area is 120 Å². The van der Waals surface area contributed by atoms with Crippen LogP contribution in [0.5, 0.6) is 0 Å². The van der Waals surface area contributed by atoms with Gasteiger partial charge in [0.15, 0.2) is 0 Å². The molecule has 1 aliphatic rings. The van der Waals surface area contributed by atoms with E-state index in [0.29, 0.717) is 18.0 Å². The number of benzene rings is 1. The Bertz CT molecular complexity index is 550. The lowest BCUT2D eigenvalue weighted by Crippen LogP contribution is -2.41. The van der Waals surface area contributed by atoms with E-state index in [2.05, 4.69) is 47.7 Å². The van der Waals surface area contributed by atoms with E-state index in [1.807, 2.05) is 13.8 Å². The largest absolute Gasteiger partial charge is 0.361 e. The van der Waals surface area contributed by atoms with Gasteiger partial charge in [0.2, 0.25) is 0 Å². The third-order valence-corrected chi connectivity index (χ3v) is 4.42. The average molecular weight is 270 g/mol. The zero-order valence-electron chi connectivity index (χ0n) is 12.4. The van der Waals surface area contributed by atoms with Gasteiger partial charge in [0.25, 0.3) is 0 Å². The molecule has 0 radical (unpaired) electrons. The van der Waals surface area contributed by atoms with Gasteiger partial charge in [-0.25, -0.2) is 0 Å². The highest BCUT2D eigenvalue weighted by molar-refractivity contribution is 5.26. The molecule has 0 saturated heterocycles. The van der Waals surface area contributed by atoms with Gasteiger partial charge in [-0.3, -0.25) is 0 Å². The number of nitrogens with zero attached hydrogens (tertiary/aromatic N) is 1. The lowest BCUT2D eigenvalue weighted by atomic mass is 9.75. The van der Waals surface area contributed by atoms with Crippen LogP contribution in [0.15, 0.2) is 34.9 Å². The first kappa shape index (κ1) is 13.4. The Kier molecular flexibility index (Phi) is 3.62. The Balaban J connectivity index is 1.57. The fraction of sp³-hybridized carbons (Fsp3) is 0.471. The minimum absolute atomic E-state index is 0.308. The van der Waals surface area contributed by atoms with Crippen molar-refractivity contribution in [2.45, 2.75) is 51.6 Å². The molecule has 106 valence electrons. The van der Waals surface area contributed by atoms with Crippen LogP contribution in [0.4, 0.5) is 0 Å². The van der Waals surface area contributed by atoms with Gasteiger partial charge in [0, 0.05) is 17.6 Å². The average Bonchev–Trinajstić information content (AvgIpc) is 2.74. The molecule has 0 bridgehead atoms. The van der Waals surface area contributed by atoms with Crippen LogP contribution in [0.1, 0.15) is 54.3 Å². The van der Waals surface area contributed by atoms with Crippen LogP contribution in [0.3, 0.4) is 0 Å². The van der Waals surface area contributed by atoms with Crippen molar-refractivity contribution in [2.24, 2.45) is 0 Å². The first-order valence-corrected chi connectivity index (χ1v) is 7.39. The van der Waals surface area contributed by atoms with Gasteiger partial charge in [0.1, 0.15) is 5.76 Å². The molecule has 0 spiro atoms. The van der Waals surface area contributed by atoms with Gasteiger partial charge < -0.3 is 9.84 Å². The lowest BCUT2D eigenvalue weighted by Gasteiger charge is -2.38. The van der Waals surface area contributed by atoms with Gasteiger partial charge >= 0.3 is 0 Å². The first-order valence-electron chi connectivity index (χ1n) is 7.39. The molecule has 1 aromatic carbocycles. The molecule has 1 aliphatic carbocycles. The van der Waals surface area contributed by atoms with E-state index in [-0.39, 0.29) is 0 Å². The first-order chi connectivity index (χ1) is 9.65. The van der Waals surface area contributed by atoms with E-state index in [1.165, 1.54) is 24.0 Å². The quantitative estimate of drug-likeness (QED) is 0.916. The van der Waals surface area contributed by atoms with Crippen LogP contribution in [0.2, 0.25) is 0 Å². The fourth-order valence-corrected chi connectivity index (χ4v) is 3.30. The predicted octanol–water partition coefficient (Wildman–Crippen LogP) is 3.89. The van der Waals surface area contributed by atoms with Crippen molar-refractivity contribution in [3.05, 3.63) is 52.9 Å². The van der Waals surface area contributed by atoms with E-state index in [9.17, 15) is 0 Å². The summed E-state index contributed by atoms with van der Waals surface area (Å²) in [6, 6.07) is 11.7. The summed E-state index contributed by atoms with van der Waals surface area (Å²) >= 11 is 0. The van der Waals surface area contributed by atoms with Crippen molar-refractivity contribution < 1.29 is 4.52 Å². The zero-order chi connectivity index (χ0) is 14.1. The lowest BCUT2D eigenvalue weighted by molar-refractivity contribution is 0.269. The molecule has 3 rings (SSSR count). The molecule has 3 heteroatoms. The van der Waals surface area contributed by atoms with Crippen LogP contribution < -0.4 is 5.32 Å². The Hall–Kier alpha value is -1.61. The Morgan fingerprint density at radius 3 is 2.50 bits per heavy atom. The summed E-state index contributed by atoms with van der Waals surface area (Å²) < 4.78 is 5.25. The summed E-state index contributed by atoms with van der Waals surface area (Å²) in [5.74, 6) is 1.65. The second kappa shape index (κ2) is 5.41. The van der Waals surface area contributed by atoms with Crippen LogP contribution in [0, 0.1) is 13.8 Å². The van der Waals surface area contributed by atoms with Crippen molar-refractivity contribution in [3.63, 3.8) is 0 Å². The molecule has 1 saturated carbocycles. The number of hydrogen-bond donors (Lipinski definition) is 1. The number of nitrogens with one attached hydrogen (secondary N) is 1. The minimum atomic E-state index is 0.308. The molecular formula is C17H22N2O. The second-order valence-corrected chi connectivity index (χ2v) is 5.90. The normalized spacial score (nSPS) is 23.4. The highest BCUT2D eigenvalue weighted by Gasteiger charge is 2.31. The zero-order valence-corrected chi connectivity index (χ0v) is 12.4. The minimum Gasteiger partial charge on any atom is -0.361 e.